The number of carbonyl (C=O) groups is 1. The van der Waals surface area contributed by atoms with Gasteiger partial charge in [-0.25, -0.2) is 0 Å². The van der Waals surface area contributed by atoms with Crippen molar-refractivity contribution in [2.24, 2.45) is 11.8 Å². The maximum Gasteiger partial charge on any atom is 0.136 e. The molecule has 0 spiro atoms. The summed E-state index contributed by atoms with van der Waals surface area (Å²) in [4.78, 5) is 11.2. The molecule has 3 heteroatoms. The van der Waals surface area contributed by atoms with Gasteiger partial charge in [0.15, 0.2) is 0 Å². The third-order valence-corrected chi connectivity index (χ3v) is 4.89. The molecule has 1 fully saturated rings. The average molecular weight is 202 g/mol. The molecule has 1 rings (SSSR count). The van der Waals surface area contributed by atoms with E-state index in [0.29, 0.717) is 18.1 Å². The van der Waals surface area contributed by atoms with Crippen LogP contribution >= 0.6 is 0 Å². The Kier molecular flexibility index (Phi) is 3.65. The Bertz CT molecular complexity index is 223. The first-order valence-corrected chi connectivity index (χ1v) is 6.30. The zero-order chi connectivity index (χ0) is 10.0. The first kappa shape index (κ1) is 10.9. The van der Waals surface area contributed by atoms with Crippen LogP contribution in [-0.2, 0) is 15.6 Å². The molecule has 1 saturated carbocycles. The highest BCUT2D eigenvalue weighted by Gasteiger charge is 2.34. The smallest absolute Gasteiger partial charge is 0.136 e. The van der Waals surface area contributed by atoms with Gasteiger partial charge in [0.05, 0.1) is 0 Å². The average Bonchev–Trinajstić information content (AvgIpc) is 2.31. The molecule has 0 aromatic carbocycles. The summed E-state index contributed by atoms with van der Waals surface area (Å²) >= 11 is 0. The van der Waals surface area contributed by atoms with E-state index >= 15 is 0 Å². The van der Waals surface area contributed by atoms with Crippen LogP contribution in [-0.4, -0.2) is 21.0 Å². The largest absolute Gasteiger partial charge is 0.299 e. The second kappa shape index (κ2) is 4.36. The summed E-state index contributed by atoms with van der Waals surface area (Å²) in [7, 11) is -0.797. The molecule has 0 saturated heterocycles. The number of hydrogen-bond acceptors (Lipinski definition) is 2. The molecule has 0 N–H and O–H groups in total. The maximum atomic E-state index is 11.8. The molecule has 13 heavy (non-hydrogen) atoms. The lowest BCUT2D eigenvalue weighted by atomic mass is 10.1. The van der Waals surface area contributed by atoms with Crippen molar-refractivity contribution in [2.75, 3.05) is 5.75 Å². The molecular formula is C10H18O2S. The SMILES string of the molecule is CC(C)CS(=O)C1CCC(=O)C1C. The van der Waals surface area contributed by atoms with Crippen LogP contribution in [0.15, 0.2) is 0 Å². The van der Waals surface area contributed by atoms with Gasteiger partial charge >= 0.3 is 0 Å². The summed E-state index contributed by atoms with van der Waals surface area (Å²) in [5, 5.41) is 0.134. The third-order valence-electron chi connectivity index (χ3n) is 2.58. The van der Waals surface area contributed by atoms with Gasteiger partial charge in [0, 0.05) is 34.1 Å². The van der Waals surface area contributed by atoms with E-state index in [1.54, 1.807) is 0 Å². The summed E-state index contributed by atoms with van der Waals surface area (Å²) in [6.45, 7) is 6.05. The van der Waals surface area contributed by atoms with Gasteiger partial charge in [-0.2, -0.15) is 0 Å². The van der Waals surface area contributed by atoms with Crippen molar-refractivity contribution in [2.45, 2.75) is 38.9 Å². The first-order chi connectivity index (χ1) is 6.02. The fraction of sp³-hybridized carbons (Fsp3) is 0.900. The second-order valence-electron chi connectivity index (χ2n) is 4.27. The lowest BCUT2D eigenvalue weighted by Crippen LogP contribution is -2.24. The minimum atomic E-state index is -0.797. The zero-order valence-electron chi connectivity index (χ0n) is 8.58. The predicted octanol–water partition coefficient (Wildman–Crippen LogP) is 1.76. The molecule has 0 radical (unpaired) electrons. The summed E-state index contributed by atoms with van der Waals surface area (Å²) in [5.74, 6) is 1.52. The first-order valence-electron chi connectivity index (χ1n) is 4.92. The van der Waals surface area contributed by atoms with Gasteiger partial charge in [0.25, 0.3) is 0 Å². The minimum absolute atomic E-state index is 0.0274. The third kappa shape index (κ3) is 2.63. The van der Waals surface area contributed by atoms with Crippen LogP contribution in [0.4, 0.5) is 0 Å². The standard InChI is InChI=1S/C10H18O2S/c1-7(2)6-13(12)10-5-4-9(11)8(10)3/h7-8,10H,4-6H2,1-3H3. The monoisotopic (exact) mass is 202 g/mol. The summed E-state index contributed by atoms with van der Waals surface area (Å²) in [6, 6.07) is 0. The molecule has 0 aromatic rings. The fourth-order valence-electron chi connectivity index (χ4n) is 1.78. The van der Waals surface area contributed by atoms with Crippen molar-refractivity contribution in [3.8, 4) is 0 Å². The number of rotatable bonds is 3. The number of carbonyl (C=O) groups excluding carboxylic acids is 1. The van der Waals surface area contributed by atoms with Crippen molar-refractivity contribution < 1.29 is 9.00 Å². The van der Waals surface area contributed by atoms with Crippen LogP contribution in [0.2, 0.25) is 0 Å². The zero-order valence-corrected chi connectivity index (χ0v) is 9.39. The van der Waals surface area contributed by atoms with Crippen LogP contribution in [0.3, 0.4) is 0 Å². The van der Waals surface area contributed by atoms with Crippen molar-refractivity contribution in [3.63, 3.8) is 0 Å². The highest BCUT2D eigenvalue weighted by molar-refractivity contribution is 7.85. The Labute approximate surface area is 82.6 Å². The molecule has 3 atom stereocenters. The number of Topliss-reactive ketones (excluding diaryl/α,β-unsaturated/α-hetero) is 1. The van der Waals surface area contributed by atoms with Gasteiger partial charge in [0.1, 0.15) is 5.78 Å². The maximum absolute atomic E-state index is 11.8. The van der Waals surface area contributed by atoms with Crippen molar-refractivity contribution >= 4 is 16.6 Å². The van der Waals surface area contributed by atoms with Crippen LogP contribution in [0, 0.1) is 11.8 Å². The minimum Gasteiger partial charge on any atom is -0.299 e. The van der Waals surface area contributed by atoms with Crippen LogP contribution in [0.5, 0.6) is 0 Å². The van der Waals surface area contributed by atoms with Gasteiger partial charge in [0.2, 0.25) is 0 Å². The molecule has 0 amide bonds. The van der Waals surface area contributed by atoms with Gasteiger partial charge in [-0.3, -0.25) is 9.00 Å². The van der Waals surface area contributed by atoms with E-state index in [-0.39, 0.29) is 11.2 Å². The molecule has 0 bridgehead atoms. The molecule has 1 aliphatic rings. The molecule has 1 aliphatic carbocycles. The van der Waals surface area contributed by atoms with Gasteiger partial charge in [-0.15, -0.1) is 0 Å². The Morgan fingerprint density at radius 3 is 2.54 bits per heavy atom. The molecule has 0 heterocycles. The van der Waals surface area contributed by atoms with Gasteiger partial charge < -0.3 is 0 Å². The predicted molar refractivity (Wildman–Crippen MR) is 55.0 cm³/mol. The number of ketones is 1. The quantitative estimate of drug-likeness (QED) is 0.699. The van der Waals surface area contributed by atoms with E-state index in [1.807, 2.05) is 6.92 Å². The molecular weight excluding hydrogens is 184 g/mol. The summed E-state index contributed by atoms with van der Waals surface area (Å²) in [5.41, 5.74) is 0. The summed E-state index contributed by atoms with van der Waals surface area (Å²) < 4.78 is 11.8. The second-order valence-corrected chi connectivity index (χ2v) is 5.97. The van der Waals surface area contributed by atoms with E-state index in [0.717, 1.165) is 12.2 Å². The molecule has 2 nitrogen and oxygen atoms in total. The lowest BCUT2D eigenvalue weighted by Gasteiger charge is -2.14. The van der Waals surface area contributed by atoms with Crippen molar-refractivity contribution in [1.29, 1.82) is 0 Å². The van der Waals surface area contributed by atoms with Crippen LogP contribution in [0.1, 0.15) is 33.6 Å². The van der Waals surface area contributed by atoms with Crippen LogP contribution in [0.25, 0.3) is 0 Å². The molecule has 0 aromatic heterocycles. The van der Waals surface area contributed by atoms with E-state index in [1.165, 1.54) is 0 Å². The fourth-order valence-corrected chi connectivity index (χ4v) is 3.67. The Morgan fingerprint density at radius 2 is 2.15 bits per heavy atom. The normalized spacial score (nSPS) is 31.2. The lowest BCUT2D eigenvalue weighted by molar-refractivity contribution is -0.120. The van der Waals surface area contributed by atoms with E-state index in [9.17, 15) is 9.00 Å². The van der Waals surface area contributed by atoms with Gasteiger partial charge in [-0.1, -0.05) is 20.8 Å². The van der Waals surface area contributed by atoms with Gasteiger partial charge in [-0.05, 0) is 12.3 Å². The van der Waals surface area contributed by atoms with E-state index in [4.69, 9.17) is 0 Å². The Balaban J connectivity index is 2.53. The van der Waals surface area contributed by atoms with Crippen molar-refractivity contribution in [3.05, 3.63) is 0 Å². The highest BCUT2D eigenvalue weighted by atomic mass is 32.2. The summed E-state index contributed by atoms with van der Waals surface area (Å²) in [6.07, 6.45) is 1.47. The molecule has 0 aliphatic heterocycles. The Hall–Kier alpha value is -0.180. The van der Waals surface area contributed by atoms with Crippen molar-refractivity contribution in [1.82, 2.24) is 0 Å². The van der Waals surface area contributed by atoms with E-state index < -0.39 is 10.8 Å². The highest BCUT2D eigenvalue weighted by Crippen LogP contribution is 2.27. The Morgan fingerprint density at radius 1 is 1.54 bits per heavy atom. The van der Waals surface area contributed by atoms with Crippen LogP contribution < -0.4 is 0 Å². The topological polar surface area (TPSA) is 34.1 Å². The molecule has 76 valence electrons. The molecule has 3 unspecified atom stereocenters. The number of hydrogen-bond donors (Lipinski definition) is 0. The van der Waals surface area contributed by atoms with E-state index in [2.05, 4.69) is 13.8 Å².